The molecule has 3 saturated heterocycles. The minimum atomic E-state index is -1.13. The van der Waals surface area contributed by atoms with Crippen molar-refractivity contribution in [3.63, 3.8) is 0 Å². The van der Waals surface area contributed by atoms with Gasteiger partial charge in [0, 0.05) is 64.0 Å². The van der Waals surface area contributed by atoms with E-state index in [-0.39, 0.29) is 30.2 Å². The van der Waals surface area contributed by atoms with Crippen molar-refractivity contribution >= 4 is 35.0 Å². The molecule has 0 aromatic heterocycles. The number of morpholine rings is 1. The van der Waals surface area contributed by atoms with Crippen LogP contribution in [0.3, 0.4) is 0 Å². The van der Waals surface area contributed by atoms with Crippen molar-refractivity contribution in [3.8, 4) is 0 Å². The Morgan fingerprint density at radius 1 is 0.860 bits per heavy atom. The number of aliphatic carboxylic acids is 1. The number of carboxylic acids is 1. The number of nitrogens with one attached hydrogen (secondary N) is 3. The number of ether oxygens (including phenoxy) is 1. The summed E-state index contributed by atoms with van der Waals surface area (Å²) in [4.78, 5) is 44.1. The van der Waals surface area contributed by atoms with E-state index in [9.17, 15) is 19.5 Å². The molecular formula is C38H47FN6O5. The predicted molar refractivity (Wildman–Crippen MR) is 191 cm³/mol. The summed E-state index contributed by atoms with van der Waals surface area (Å²) in [7, 11) is 0. The number of rotatable bonds is 11. The van der Waals surface area contributed by atoms with Crippen LogP contribution in [-0.2, 0) is 27.3 Å². The molecule has 11 nitrogen and oxygen atoms in total. The fourth-order valence-electron chi connectivity index (χ4n) is 7.00. The molecule has 0 aliphatic carbocycles. The summed E-state index contributed by atoms with van der Waals surface area (Å²) in [5.74, 6) is -2.29. The van der Waals surface area contributed by atoms with Crippen LogP contribution in [-0.4, -0.2) is 97.4 Å². The summed E-state index contributed by atoms with van der Waals surface area (Å²) < 4.78 is 21.2. The van der Waals surface area contributed by atoms with E-state index in [0.717, 1.165) is 32.5 Å². The number of carboxylic acid groups (broad SMARTS) is 1. The molecule has 3 heterocycles. The van der Waals surface area contributed by atoms with Crippen LogP contribution >= 0.6 is 0 Å². The molecule has 3 amide bonds. The Hall–Kier alpha value is -4.68. The number of hydrogen-bond acceptors (Lipinski definition) is 7. The zero-order valence-corrected chi connectivity index (χ0v) is 28.4. The number of carbonyl (C=O) groups is 3. The van der Waals surface area contributed by atoms with Crippen molar-refractivity contribution in [2.75, 3.05) is 68.0 Å². The second-order valence-electron chi connectivity index (χ2n) is 13.4. The van der Waals surface area contributed by atoms with Gasteiger partial charge in [-0.15, -0.1) is 0 Å². The van der Waals surface area contributed by atoms with Gasteiger partial charge in [0.1, 0.15) is 6.04 Å². The largest absolute Gasteiger partial charge is 0.480 e. The van der Waals surface area contributed by atoms with Crippen molar-refractivity contribution in [1.29, 1.82) is 0 Å². The van der Waals surface area contributed by atoms with Gasteiger partial charge in [0.15, 0.2) is 5.82 Å². The first-order valence-electron chi connectivity index (χ1n) is 17.6. The molecule has 0 spiro atoms. The van der Waals surface area contributed by atoms with E-state index in [1.165, 1.54) is 5.56 Å². The molecule has 50 heavy (non-hydrogen) atoms. The lowest BCUT2D eigenvalue weighted by atomic mass is 9.95. The van der Waals surface area contributed by atoms with Crippen molar-refractivity contribution in [2.45, 2.75) is 50.7 Å². The van der Waals surface area contributed by atoms with Gasteiger partial charge in [-0.1, -0.05) is 48.5 Å². The lowest BCUT2D eigenvalue weighted by molar-refractivity contribution is -0.142. The van der Waals surface area contributed by atoms with Gasteiger partial charge < -0.3 is 35.6 Å². The van der Waals surface area contributed by atoms with E-state index in [1.54, 1.807) is 41.3 Å². The molecule has 3 aromatic carbocycles. The highest BCUT2D eigenvalue weighted by atomic mass is 19.1. The van der Waals surface area contributed by atoms with Crippen LogP contribution in [0.2, 0.25) is 0 Å². The van der Waals surface area contributed by atoms with E-state index in [2.05, 4.69) is 45.1 Å². The predicted octanol–water partition coefficient (Wildman–Crippen LogP) is 4.79. The fourth-order valence-corrected chi connectivity index (χ4v) is 7.00. The summed E-state index contributed by atoms with van der Waals surface area (Å²) in [6.07, 6.45) is 3.20. The maximum absolute atomic E-state index is 15.9. The van der Waals surface area contributed by atoms with E-state index >= 15 is 4.39 Å². The lowest BCUT2D eigenvalue weighted by Crippen LogP contribution is -2.49. The first kappa shape index (κ1) is 35.2. The van der Waals surface area contributed by atoms with Crippen LogP contribution in [0.4, 0.5) is 26.2 Å². The number of benzene rings is 3. The Kier molecular flexibility index (Phi) is 11.8. The van der Waals surface area contributed by atoms with E-state index in [0.29, 0.717) is 74.9 Å². The number of hydrogen-bond donors (Lipinski definition) is 4. The maximum Gasteiger partial charge on any atom is 0.326 e. The first-order valence-corrected chi connectivity index (χ1v) is 17.6. The average molecular weight is 687 g/mol. The van der Waals surface area contributed by atoms with Gasteiger partial charge in [-0.3, -0.25) is 9.69 Å². The zero-order chi connectivity index (χ0) is 34.9. The molecule has 4 N–H and O–H groups in total. The number of anilines is 3. The molecule has 3 fully saturated rings. The monoisotopic (exact) mass is 686 g/mol. The minimum Gasteiger partial charge on any atom is -0.480 e. The van der Waals surface area contributed by atoms with Gasteiger partial charge in [0.05, 0.1) is 30.5 Å². The van der Waals surface area contributed by atoms with E-state index < -0.39 is 17.9 Å². The molecule has 3 aliphatic rings. The normalized spacial score (nSPS) is 19.4. The Morgan fingerprint density at radius 3 is 2.32 bits per heavy atom. The van der Waals surface area contributed by atoms with Crippen LogP contribution < -0.4 is 20.9 Å². The van der Waals surface area contributed by atoms with Crippen LogP contribution in [0.25, 0.3) is 0 Å². The first-order chi connectivity index (χ1) is 24.3. The van der Waals surface area contributed by atoms with E-state index in [4.69, 9.17) is 4.74 Å². The molecule has 12 heteroatoms. The Bertz CT molecular complexity index is 1590. The molecule has 0 bridgehead atoms. The molecule has 3 aromatic rings. The maximum atomic E-state index is 15.9. The van der Waals surface area contributed by atoms with Crippen LogP contribution in [0.1, 0.15) is 36.8 Å². The number of carbonyl (C=O) groups excluding carboxylic acids is 2. The molecule has 266 valence electrons. The van der Waals surface area contributed by atoms with Gasteiger partial charge in [-0.05, 0) is 61.1 Å². The summed E-state index contributed by atoms with van der Waals surface area (Å²) in [5, 5.41) is 19.0. The van der Waals surface area contributed by atoms with Crippen LogP contribution in [0.15, 0.2) is 72.8 Å². The Labute approximate surface area is 292 Å². The SMILES string of the molecule is O=C(N[C@@H](Cc1ccc(NC(=O)N2CCOCC2)cc1)C(=O)O)C1CCCN(c2cccc(NC3CCN(Cc4ccccc4)CC3)c2F)C1. The number of urea groups is 1. The minimum absolute atomic E-state index is 0.0860. The third kappa shape index (κ3) is 9.30. The quantitative estimate of drug-likeness (QED) is 0.227. The zero-order valence-electron chi connectivity index (χ0n) is 28.4. The molecule has 1 unspecified atom stereocenters. The van der Waals surface area contributed by atoms with Gasteiger partial charge in [0.2, 0.25) is 5.91 Å². The lowest BCUT2D eigenvalue weighted by Gasteiger charge is -2.35. The number of nitrogens with zero attached hydrogens (tertiary/aromatic N) is 3. The number of halogens is 1. The van der Waals surface area contributed by atoms with Gasteiger partial charge in [-0.25, -0.2) is 14.0 Å². The molecule has 3 aliphatic heterocycles. The van der Waals surface area contributed by atoms with Crippen LogP contribution in [0, 0.1) is 11.7 Å². The highest BCUT2D eigenvalue weighted by Crippen LogP contribution is 2.31. The number of amides is 3. The van der Waals surface area contributed by atoms with Crippen molar-refractivity contribution in [1.82, 2.24) is 15.1 Å². The molecular weight excluding hydrogens is 639 g/mol. The summed E-state index contributed by atoms with van der Waals surface area (Å²) >= 11 is 0. The smallest absolute Gasteiger partial charge is 0.326 e. The molecule has 6 rings (SSSR count). The highest BCUT2D eigenvalue weighted by molar-refractivity contribution is 5.89. The van der Waals surface area contributed by atoms with Crippen molar-refractivity contribution in [3.05, 3.63) is 89.7 Å². The Balaban J connectivity index is 1.00. The van der Waals surface area contributed by atoms with Gasteiger partial charge >= 0.3 is 12.0 Å². The van der Waals surface area contributed by atoms with Crippen molar-refractivity contribution in [2.24, 2.45) is 5.92 Å². The Morgan fingerprint density at radius 2 is 1.60 bits per heavy atom. The molecule has 0 saturated carbocycles. The third-order valence-corrected chi connectivity index (χ3v) is 9.87. The van der Waals surface area contributed by atoms with Crippen molar-refractivity contribution < 1.29 is 28.6 Å². The number of likely N-dealkylation sites (tertiary alicyclic amines) is 1. The standard InChI is InChI=1S/C38H47FN6O5/c39-35-32(40-31-15-18-43(19-16-31)25-28-6-2-1-3-7-28)9-4-10-34(35)45-17-5-8-29(26-45)36(46)42-33(37(47)48)24-27-11-13-30(14-12-27)41-38(49)44-20-22-50-23-21-44/h1-4,6-7,9-14,29,31,33,40H,5,8,15-26H2,(H,41,49)(H,42,46)(H,47,48)/t29?,33-/m0/s1. The molecule has 2 atom stereocenters. The number of piperidine rings is 2. The average Bonchev–Trinajstić information content (AvgIpc) is 3.14. The molecule has 0 radical (unpaired) electrons. The summed E-state index contributed by atoms with van der Waals surface area (Å²) in [6.45, 7) is 5.76. The van der Waals surface area contributed by atoms with Crippen LogP contribution in [0.5, 0.6) is 0 Å². The topological polar surface area (TPSA) is 126 Å². The highest BCUT2D eigenvalue weighted by Gasteiger charge is 2.31. The van der Waals surface area contributed by atoms with Gasteiger partial charge in [0.25, 0.3) is 0 Å². The third-order valence-electron chi connectivity index (χ3n) is 9.87. The van der Waals surface area contributed by atoms with Gasteiger partial charge in [-0.2, -0.15) is 0 Å². The summed E-state index contributed by atoms with van der Waals surface area (Å²) in [5.41, 5.74) is 3.51. The summed E-state index contributed by atoms with van der Waals surface area (Å²) in [6, 6.07) is 21.6. The second kappa shape index (κ2) is 16.8. The van der Waals surface area contributed by atoms with E-state index in [1.807, 2.05) is 17.0 Å². The fraction of sp³-hybridized carbons (Fsp3) is 0.447. The second-order valence-corrected chi connectivity index (χ2v) is 13.4.